The van der Waals surface area contributed by atoms with Gasteiger partial charge in [0.15, 0.2) is 0 Å². The van der Waals surface area contributed by atoms with E-state index in [9.17, 15) is 18.0 Å². The Hall–Kier alpha value is -1.17. The fourth-order valence-electron chi connectivity index (χ4n) is 1.40. The summed E-state index contributed by atoms with van der Waals surface area (Å²) in [6.45, 7) is 5.21. The van der Waals surface area contributed by atoms with Crippen molar-refractivity contribution in [2.45, 2.75) is 43.2 Å². The number of hydrogen-bond donors (Lipinski definition) is 0. The lowest BCUT2D eigenvalue weighted by molar-refractivity contribution is -0.153. The van der Waals surface area contributed by atoms with Crippen LogP contribution in [0.15, 0.2) is 29.2 Å². The molecule has 0 spiro atoms. The summed E-state index contributed by atoms with van der Waals surface area (Å²) < 4.78 is 41.8. The number of carbonyl (C=O) groups excluding carboxylic acids is 1. The quantitative estimate of drug-likeness (QED) is 0.617. The molecular weight excluding hydrogens is 277 g/mol. The maximum atomic E-state index is 12.2. The van der Waals surface area contributed by atoms with Gasteiger partial charge in [0.2, 0.25) is 0 Å². The molecule has 1 rings (SSSR count). The van der Waals surface area contributed by atoms with Gasteiger partial charge in [-0.05, 0) is 50.2 Å². The van der Waals surface area contributed by atoms with E-state index in [0.29, 0.717) is 5.56 Å². The molecule has 0 radical (unpaired) electrons. The van der Waals surface area contributed by atoms with Crippen molar-refractivity contribution in [3.63, 3.8) is 0 Å². The highest BCUT2D eigenvalue weighted by molar-refractivity contribution is 8.00. The Morgan fingerprint density at radius 3 is 2.42 bits per heavy atom. The van der Waals surface area contributed by atoms with Gasteiger partial charge in [-0.1, -0.05) is 12.1 Å². The van der Waals surface area contributed by atoms with Gasteiger partial charge in [-0.25, -0.2) is 0 Å². The van der Waals surface area contributed by atoms with Crippen LogP contribution in [-0.2, 0) is 16.0 Å². The minimum Gasteiger partial charge on any atom is -0.460 e. The maximum absolute atomic E-state index is 12.2. The number of carbonyl (C=O) groups is 1. The molecule has 106 valence electrons. The Morgan fingerprint density at radius 1 is 1.26 bits per heavy atom. The zero-order valence-corrected chi connectivity index (χ0v) is 11.7. The smallest absolute Gasteiger partial charge is 0.446 e. The van der Waals surface area contributed by atoms with Gasteiger partial charge in [0.1, 0.15) is 5.60 Å². The number of esters is 1. The van der Waals surface area contributed by atoms with Crippen molar-refractivity contribution >= 4 is 17.7 Å². The summed E-state index contributed by atoms with van der Waals surface area (Å²) in [4.78, 5) is 11.6. The molecule has 0 aromatic heterocycles. The summed E-state index contributed by atoms with van der Waals surface area (Å²) in [5.41, 5.74) is -4.43. The highest BCUT2D eigenvalue weighted by atomic mass is 32.2. The van der Waals surface area contributed by atoms with Crippen molar-refractivity contribution in [2.24, 2.45) is 0 Å². The number of ether oxygens (including phenoxy) is 1. The lowest BCUT2D eigenvalue weighted by Crippen LogP contribution is -2.24. The molecule has 0 aliphatic rings. The van der Waals surface area contributed by atoms with E-state index in [4.69, 9.17) is 4.74 Å². The van der Waals surface area contributed by atoms with E-state index in [-0.39, 0.29) is 23.1 Å². The van der Waals surface area contributed by atoms with Crippen LogP contribution in [0.1, 0.15) is 26.3 Å². The summed E-state index contributed by atoms with van der Waals surface area (Å²) in [6, 6.07) is 5.80. The summed E-state index contributed by atoms with van der Waals surface area (Å²) in [7, 11) is 0. The Bertz CT molecular complexity index is 450. The molecule has 0 heterocycles. The molecule has 1 aromatic rings. The minimum absolute atomic E-state index is 0.0382. The molecule has 0 aliphatic carbocycles. The van der Waals surface area contributed by atoms with Crippen LogP contribution >= 0.6 is 11.8 Å². The standard InChI is InChI=1S/C13H15F3O2S/c1-12(2,3)18-11(17)8-9-5-4-6-10(7-9)19-13(14,15)16/h4-7H,8H2,1-3H3. The van der Waals surface area contributed by atoms with Crippen molar-refractivity contribution < 1.29 is 22.7 Å². The first-order chi connectivity index (χ1) is 8.55. The van der Waals surface area contributed by atoms with Crippen LogP contribution in [0, 0.1) is 0 Å². The van der Waals surface area contributed by atoms with Gasteiger partial charge in [-0.15, -0.1) is 0 Å². The van der Waals surface area contributed by atoms with E-state index in [2.05, 4.69) is 0 Å². The number of rotatable bonds is 3. The molecule has 1 aromatic carbocycles. The molecule has 0 fully saturated rings. The van der Waals surface area contributed by atoms with Crippen LogP contribution in [0.4, 0.5) is 13.2 Å². The van der Waals surface area contributed by atoms with Gasteiger partial charge in [-0.2, -0.15) is 13.2 Å². The van der Waals surface area contributed by atoms with Gasteiger partial charge < -0.3 is 4.74 Å². The second-order valence-electron chi connectivity index (χ2n) is 4.96. The van der Waals surface area contributed by atoms with Crippen molar-refractivity contribution in [3.8, 4) is 0 Å². The second-order valence-corrected chi connectivity index (χ2v) is 6.10. The van der Waals surface area contributed by atoms with Crippen molar-refractivity contribution in [1.82, 2.24) is 0 Å². The van der Waals surface area contributed by atoms with Crippen LogP contribution < -0.4 is 0 Å². The summed E-state index contributed by atoms with van der Waals surface area (Å²) in [5.74, 6) is -0.457. The highest BCUT2D eigenvalue weighted by Crippen LogP contribution is 2.37. The van der Waals surface area contributed by atoms with E-state index >= 15 is 0 Å². The monoisotopic (exact) mass is 292 g/mol. The normalized spacial score (nSPS) is 12.3. The van der Waals surface area contributed by atoms with Crippen molar-refractivity contribution in [1.29, 1.82) is 0 Å². The first kappa shape index (κ1) is 15.9. The van der Waals surface area contributed by atoms with Gasteiger partial charge in [0.25, 0.3) is 0 Å². The third kappa shape index (κ3) is 7.10. The van der Waals surface area contributed by atoms with E-state index in [0.717, 1.165) is 0 Å². The van der Waals surface area contributed by atoms with Crippen molar-refractivity contribution in [3.05, 3.63) is 29.8 Å². The first-order valence-corrected chi connectivity index (χ1v) is 6.43. The van der Waals surface area contributed by atoms with E-state index in [1.165, 1.54) is 18.2 Å². The largest absolute Gasteiger partial charge is 0.460 e. The molecule has 0 unspecified atom stereocenters. The van der Waals surface area contributed by atoms with Gasteiger partial charge in [-0.3, -0.25) is 4.79 Å². The van der Waals surface area contributed by atoms with Crippen LogP contribution in [-0.4, -0.2) is 17.1 Å². The Balaban J connectivity index is 2.70. The fourth-order valence-corrected chi connectivity index (χ4v) is 2.02. The topological polar surface area (TPSA) is 26.3 Å². The van der Waals surface area contributed by atoms with Gasteiger partial charge >= 0.3 is 11.5 Å². The van der Waals surface area contributed by atoms with E-state index in [1.54, 1.807) is 26.8 Å². The molecular formula is C13H15F3O2S. The zero-order chi connectivity index (χ0) is 14.7. The number of alkyl halides is 3. The average molecular weight is 292 g/mol. The fraction of sp³-hybridized carbons (Fsp3) is 0.462. The van der Waals surface area contributed by atoms with Crippen LogP contribution in [0.2, 0.25) is 0 Å². The number of benzene rings is 1. The Labute approximate surface area is 114 Å². The van der Waals surface area contributed by atoms with E-state index in [1.807, 2.05) is 0 Å². The highest BCUT2D eigenvalue weighted by Gasteiger charge is 2.29. The predicted molar refractivity (Wildman–Crippen MR) is 67.9 cm³/mol. The molecule has 0 amide bonds. The lowest BCUT2D eigenvalue weighted by Gasteiger charge is -2.19. The molecule has 19 heavy (non-hydrogen) atoms. The molecule has 0 atom stereocenters. The molecule has 0 saturated carbocycles. The average Bonchev–Trinajstić information content (AvgIpc) is 2.11. The molecule has 0 N–H and O–H groups in total. The van der Waals surface area contributed by atoms with Crippen LogP contribution in [0.3, 0.4) is 0 Å². The molecule has 2 nitrogen and oxygen atoms in total. The first-order valence-electron chi connectivity index (χ1n) is 5.62. The SMILES string of the molecule is CC(C)(C)OC(=O)Cc1cccc(SC(F)(F)F)c1. The third-order valence-electron chi connectivity index (χ3n) is 1.90. The van der Waals surface area contributed by atoms with Gasteiger partial charge in [0, 0.05) is 4.90 Å². The number of thioether (sulfide) groups is 1. The van der Waals surface area contributed by atoms with E-state index < -0.39 is 17.1 Å². The van der Waals surface area contributed by atoms with Crippen molar-refractivity contribution in [2.75, 3.05) is 0 Å². The zero-order valence-electron chi connectivity index (χ0n) is 10.9. The molecule has 6 heteroatoms. The lowest BCUT2D eigenvalue weighted by atomic mass is 10.1. The summed E-state index contributed by atoms with van der Waals surface area (Å²) >= 11 is -0.197. The third-order valence-corrected chi connectivity index (χ3v) is 2.62. The van der Waals surface area contributed by atoms with Gasteiger partial charge in [0.05, 0.1) is 6.42 Å². The van der Waals surface area contributed by atoms with Crippen LogP contribution in [0.5, 0.6) is 0 Å². The molecule has 0 aliphatic heterocycles. The summed E-state index contributed by atoms with van der Waals surface area (Å²) in [5, 5.41) is 0. The van der Waals surface area contributed by atoms with Crippen LogP contribution in [0.25, 0.3) is 0 Å². The molecule has 0 saturated heterocycles. The second kappa shape index (κ2) is 5.86. The maximum Gasteiger partial charge on any atom is 0.446 e. The molecule has 0 bridgehead atoms. The predicted octanol–water partition coefficient (Wildman–Crippen LogP) is 4.18. The Morgan fingerprint density at radius 2 is 1.89 bits per heavy atom. The summed E-state index contributed by atoms with van der Waals surface area (Å²) in [6.07, 6.45) is -0.0382. The Kier molecular flexibility index (Phi) is 4.90. The minimum atomic E-state index is -4.33. The number of hydrogen-bond acceptors (Lipinski definition) is 3. The number of halogens is 3.